The zero-order valence-electron chi connectivity index (χ0n) is 19.8. The third-order valence-corrected chi connectivity index (χ3v) is 7.09. The topological polar surface area (TPSA) is 130 Å². The zero-order chi connectivity index (χ0) is 26.3. The van der Waals surface area contributed by atoms with Gasteiger partial charge in [-0.05, 0) is 29.7 Å². The van der Waals surface area contributed by atoms with E-state index >= 15 is 0 Å². The molecule has 0 aliphatic carbocycles. The first-order valence-electron chi connectivity index (χ1n) is 11.7. The number of anilines is 1. The van der Waals surface area contributed by atoms with Crippen LogP contribution in [-0.2, 0) is 14.4 Å². The standard InChI is InChI=1S/C28H23N3O6/c1-28(27(34)35)23-22(25(32)30(26(23)33)20-8-5-9-21(16-20)31(36)37)24(29-28)19-14-12-18(13-15-19)11-10-17-6-3-2-4-7-17/h2-16,22-24,29H,1H3,(H,34,35)/b11-10+. The minimum absolute atomic E-state index is 0.0477. The normalized spacial score (nSPS) is 25.0. The van der Waals surface area contributed by atoms with Crippen LogP contribution in [0.4, 0.5) is 11.4 Å². The molecule has 0 bridgehead atoms. The monoisotopic (exact) mass is 497 g/mol. The van der Waals surface area contributed by atoms with E-state index in [-0.39, 0.29) is 11.4 Å². The maximum Gasteiger partial charge on any atom is 0.324 e. The number of carbonyl (C=O) groups excluding carboxylic acids is 2. The molecular weight excluding hydrogens is 474 g/mol. The second-order valence-electron chi connectivity index (χ2n) is 9.33. The highest BCUT2D eigenvalue weighted by Crippen LogP contribution is 2.49. The third-order valence-electron chi connectivity index (χ3n) is 7.09. The number of hydrogen-bond acceptors (Lipinski definition) is 6. The molecule has 9 heteroatoms. The summed E-state index contributed by atoms with van der Waals surface area (Å²) < 4.78 is 0. The van der Waals surface area contributed by atoms with Crippen LogP contribution in [0.2, 0.25) is 0 Å². The Labute approximate surface area is 212 Å². The van der Waals surface area contributed by atoms with E-state index in [1.165, 1.54) is 25.1 Å². The summed E-state index contributed by atoms with van der Waals surface area (Å²) in [5.74, 6) is -4.71. The van der Waals surface area contributed by atoms with Gasteiger partial charge in [-0.2, -0.15) is 0 Å². The van der Waals surface area contributed by atoms with E-state index in [0.29, 0.717) is 5.56 Å². The van der Waals surface area contributed by atoms with Crippen LogP contribution in [-0.4, -0.2) is 33.4 Å². The van der Waals surface area contributed by atoms with E-state index in [4.69, 9.17) is 0 Å². The van der Waals surface area contributed by atoms with Crippen LogP contribution in [0.3, 0.4) is 0 Å². The fourth-order valence-electron chi connectivity index (χ4n) is 5.19. The van der Waals surface area contributed by atoms with E-state index in [2.05, 4.69) is 5.32 Å². The molecule has 186 valence electrons. The van der Waals surface area contributed by atoms with E-state index in [9.17, 15) is 29.6 Å². The molecule has 4 atom stereocenters. The first-order chi connectivity index (χ1) is 17.7. The van der Waals surface area contributed by atoms with Gasteiger partial charge in [0.15, 0.2) is 0 Å². The van der Waals surface area contributed by atoms with Gasteiger partial charge in [-0.3, -0.25) is 29.8 Å². The average Bonchev–Trinajstić information content (AvgIpc) is 3.36. The number of rotatable bonds is 6. The number of carbonyl (C=O) groups is 3. The Hall–Kier alpha value is -4.63. The number of carboxylic acid groups (broad SMARTS) is 1. The van der Waals surface area contributed by atoms with Gasteiger partial charge in [0.25, 0.3) is 5.69 Å². The van der Waals surface area contributed by atoms with Gasteiger partial charge in [0.2, 0.25) is 11.8 Å². The number of nitrogens with one attached hydrogen (secondary N) is 1. The summed E-state index contributed by atoms with van der Waals surface area (Å²) in [7, 11) is 0. The molecule has 2 aliphatic rings. The van der Waals surface area contributed by atoms with Crippen molar-refractivity contribution in [3.05, 3.63) is 106 Å². The van der Waals surface area contributed by atoms with Crippen LogP contribution in [0, 0.1) is 22.0 Å². The van der Waals surface area contributed by atoms with Gasteiger partial charge in [0.05, 0.1) is 22.4 Å². The van der Waals surface area contributed by atoms with Crippen LogP contribution < -0.4 is 10.2 Å². The molecule has 0 aromatic heterocycles. The fourth-order valence-corrected chi connectivity index (χ4v) is 5.19. The van der Waals surface area contributed by atoms with Gasteiger partial charge in [-0.25, -0.2) is 4.90 Å². The number of aliphatic carboxylic acids is 1. The minimum Gasteiger partial charge on any atom is -0.480 e. The molecule has 2 amide bonds. The summed E-state index contributed by atoms with van der Waals surface area (Å²) in [6.45, 7) is 1.39. The summed E-state index contributed by atoms with van der Waals surface area (Å²) in [5.41, 5.74) is 0.689. The molecule has 2 N–H and O–H groups in total. The summed E-state index contributed by atoms with van der Waals surface area (Å²) in [6, 6.07) is 21.6. The quantitative estimate of drug-likeness (QED) is 0.227. The minimum atomic E-state index is -1.70. The van der Waals surface area contributed by atoms with Crippen molar-refractivity contribution in [1.82, 2.24) is 5.32 Å². The summed E-state index contributed by atoms with van der Waals surface area (Å²) in [5, 5.41) is 24.3. The zero-order valence-corrected chi connectivity index (χ0v) is 19.8. The lowest BCUT2D eigenvalue weighted by Crippen LogP contribution is -2.53. The van der Waals surface area contributed by atoms with Crippen molar-refractivity contribution in [2.45, 2.75) is 18.5 Å². The van der Waals surface area contributed by atoms with E-state index in [1.54, 1.807) is 12.1 Å². The highest BCUT2D eigenvalue weighted by molar-refractivity contribution is 6.24. The number of carboxylic acids is 1. The Morgan fingerprint density at radius 3 is 2.24 bits per heavy atom. The Morgan fingerprint density at radius 1 is 0.973 bits per heavy atom. The Kier molecular flexibility index (Phi) is 5.93. The second kappa shape index (κ2) is 9.11. The lowest BCUT2D eigenvalue weighted by atomic mass is 9.80. The van der Waals surface area contributed by atoms with Crippen LogP contribution >= 0.6 is 0 Å². The highest BCUT2D eigenvalue weighted by Gasteiger charge is 2.66. The molecule has 0 spiro atoms. The maximum absolute atomic E-state index is 13.6. The van der Waals surface area contributed by atoms with Crippen molar-refractivity contribution >= 4 is 41.3 Å². The Morgan fingerprint density at radius 2 is 1.62 bits per heavy atom. The Bertz CT molecular complexity index is 1440. The van der Waals surface area contributed by atoms with Crippen LogP contribution in [0.5, 0.6) is 0 Å². The Balaban J connectivity index is 1.48. The predicted octanol–water partition coefficient (Wildman–Crippen LogP) is 4.06. The van der Waals surface area contributed by atoms with E-state index in [1.807, 2.05) is 54.6 Å². The molecule has 2 fully saturated rings. The van der Waals surface area contributed by atoms with Crippen molar-refractivity contribution in [3.8, 4) is 0 Å². The molecule has 9 nitrogen and oxygen atoms in total. The number of fused-ring (bicyclic) bond motifs is 1. The largest absolute Gasteiger partial charge is 0.480 e. The number of non-ortho nitro benzene ring substituents is 1. The van der Waals surface area contributed by atoms with Gasteiger partial charge < -0.3 is 5.11 Å². The van der Waals surface area contributed by atoms with Crippen molar-refractivity contribution in [1.29, 1.82) is 0 Å². The number of imide groups is 1. The van der Waals surface area contributed by atoms with Gasteiger partial charge in [0, 0.05) is 18.2 Å². The average molecular weight is 498 g/mol. The van der Waals surface area contributed by atoms with Gasteiger partial charge in [-0.1, -0.05) is 72.8 Å². The number of benzene rings is 3. The third kappa shape index (κ3) is 4.09. The predicted molar refractivity (Wildman–Crippen MR) is 136 cm³/mol. The van der Waals surface area contributed by atoms with Crippen molar-refractivity contribution in [2.75, 3.05) is 4.90 Å². The van der Waals surface area contributed by atoms with E-state index < -0.39 is 46.1 Å². The fraction of sp³-hybridized carbons (Fsp3) is 0.179. The van der Waals surface area contributed by atoms with Gasteiger partial charge >= 0.3 is 5.97 Å². The molecule has 5 rings (SSSR count). The molecule has 0 radical (unpaired) electrons. The molecular formula is C28H23N3O6. The number of nitrogens with zero attached hydrogens (tertiary/aromatic N) is 2. The number of nitro groups is 1. The molecule has 0 saturated carbocycles. The van der Waals surface area contributed by atoms with Crippen LogP contribution in [0.25, 0.3) is 12.2 Å². The first kappa shape index (κ1) is 24.1. The van der Waals surface area contributed by atoms with Crippen molar-refractivity contribution < 1.29 is 24.4 Å². The molecule has 2 saturated heterocycles. The van der Waals surface area contributed by atoms with Gasteiger partial charge in [-0.15, -0.1) is 0 Å². The number of nitro benzene ring substituents is 1. The van der Waals surface area contributed by atoms with E-state index in [0.717, 1.165) is 22.1 Å². The molecule has 3 aromatic rings. The molecule has 3 aromatic carbocycles. The number of amides is 2. The summed E-state index contributed by atoms with van der Waals surface area (Å²) in [6.07, 6.45) is 3.91. The van der Waals surface area contributed by atoms with Crippen molar-refractivity contribution in [3.63, 3.8) is 0 Å². The molecule has 2 heterocycles. The first-order valence-corrected chi connectivity index (χ1v) is 11.7. The lowest BCUT2D eigenvalue weighted by Gasteiger charge is -2.27. The summed E-state index contributed by atoms with van der Waals surface area (Å²) >= 11 is 0. The smallest absolute Gasteiger partial charge is 0.324 e. The second-order valence-corrected chi connectivity index (χ2v) is 9.33. The maximum atomic E-state index is 13.6. The molecule has 4 unspecified atom stereocenters. The molecule has 37 heavy (non-hydrogen) atoms. The summed E-state index contributed by atoms with van der Waals surface area (Å²) in [4.78, 5) is 50.9. The lowest BCUT2D eigenvalue weighted by molar-refractivity contribution is -0.384. The van der Waals surface area contributed by atoms with Crippen molar-refractivity contribution in [2.24, 2.45) is 11.8 Å². The molecule has 2 aliphatic heterocycles. The number of hydrogen-bond donors (Lipinski definition) is 2. The van der Waals surface area contributed by atoms with Crippen LogP contribution in [0.1, 0.15) is 29.7 Å². The highest BCUT2D eigenvalue weighted by atomic mass is 16.6. The van der Waals surface area contributed by atoms with Crippen LogP contribution in [0.15, 0.2) is 78.9 Å². The van der Waals surface area contributed by atoms with Gasteiger partial charge in [0.1, 0.15) is 5.54 Å². The SMILES string of the molecule is CC1(C(=O)O)NC(c2ccc(/C=C/c3ccccc3)cc2)C2C(=O)N(c3cccc([N+](=O)[O-])c3)C(=O)C21.